The predicted octanol–water partition coefficient (Wildman–Crippen LogP) is 1.77. The maximum absolute atomic E-state index is 12.6. The fourth-order valence-corrected chi connectivity index (χ4v) is 3.59. The number of hydrogen-bond acceptors (Lipinski definition) is 7. The molecule has 1 aliphatic rings. The van der Waals surface area contributed by atoms with Crippen molar-refractivity contribution in [1.82, 2.24) is 21.5 Å². The highest BCUT2D eigenvalue weighted by Gasteiger charge is 2.23. The first-order chi connectivity index (χ1) is 14.8. The van der Waals surface area contributed by atoms with Crippen molar-refractivity contribution in [3.63, 3.8) is 0 Å². The lowest BCUT2D eigenvalue weighted by molar-refractivity contribution is -0.384. The van der Waals surface area contributed by atoms with E-state index in [2.05, 4.69) is 21.5 Å². The lowest BCUT2D eigenvalue weighted by Gasteiger charge is -2.20. The monoisotopic (exact) mass is 489 g/mol. The van der Waals surface area contributed by atoms with Crippen molar-refractivity contribution in [3.05, 3.63) is 38.9 Å². The van der Waals surface area contributed by atoms with Crippen molar-refractivity contribution in [2.45, 2.75) is 31.4 Å². The summed E-state index contributed by atoms with van der Waals surface area (Å²) in [5.74, 6) is -0.506. The van der Waals surface area contributed by atoms with Gasteiger partial charge in [0.05, 0.1) is 11.0 Å². The van der Waals surface area contributed by atoms with E-state index >= 15 is 0 Å². The summed E-state index contributed by atoms with van der Waals surface area (Å²) < 4.78 is 5.49. The number of rotatable bonds is 9. The van der Waals surface area contributed by atoms with Crippen LogP contribution >= 0.6 is 35.6 Å². The number of thioether (sulfide) groups is 1. The van der Waals surface area contributed by atoms with Crippen LogP contribution in [-0.2, 0) is 9.53 Å². The summed E-state index contributed by atoms with van der Waals surface area (Å²) in [4.78, 5) is 35.5. The Bertz CT molecular complexity index is 823. The first-order valence-electron chi connectivity index (χ1n) is 9.51. The van der Waals surface area contributed by atoms with Crippen LogP contribution in [0.5, 0.6) is 0 Å². The normalized spacial score (nSPS) is 16.3. The largest absolute Gasteiger partial charge is 0.376 e. The molecule has 0 spiro atoms. The van der Waals surface area contributed by atoms with Gasteiger partial charge in [-0.3, -0.25) is 30.6 Å². The number of carbonyl (C=O) groups is 2. The van der Waals surface area contributed by atoms with Gasteiger partial charge in [0.25, 0.3) is 17.5 Å². The van der Waals surface area contributed by atoms with Gasteiger partial charge in [0, 0.05) is 24.8 Å². The summed E-state index contributed by atoms with van der Waals surface area (Å²) >= 11 is 12.4. The minimum Gasteiger partial charge on any atom is -0.376 e. The molecule has 0 bridgehead atoms. The Morgan fingerprint density at radius 2 is 2.19 bits per heavy atom. The number of nitro groups is 1. The summed E-state index contributed by atoms with van der Waals surface area (Å²) in [6, 6.07) is 2.83. The molecule has 2 amide bonds. The van der Waals surface area contributed by atoms with Gasteiger partial charge in [-0.05, 0) is 55.6 Å². The molecule has 1 aromatic carbocycles. The molecule has 2 atom stereocenters. The number of carbonyl (C=O) groups excluding carboxylic acids is 2. The van der Waals surface area contributed by atoms with Crippen LogP contribution in [-0.4, -0.2) is 59.2 Å². The number of nitro benzene ring substituents is 1. The zero-order valence-corrected chi connectivity index (χ0v) is 19.2. The Morgan fingerprint density at radius 1 is 1.42 bits per heavy atom. The quantitative estimate of drug-likeness (QED) is 0.232. The number of halogens is 1. The maximum Gasteiger partial charge on any atom is 0.288 e. The van der Waals surface area contributed by atoms with Crippen molar-refractivity contribution in [3.8, 4) is 0 Å². The molecule has 13 heteroatoms. The van der Waals surface area contributed by atoms with Crippen molar-refractivity contribution in [2.75, 3.05) is 25.2 Å². The standard InChI is InChI=1S/C18H24ClN5O5S2/c1-31-8-6-14(17(26)22-23-18(30)20-10-12-3-2-7-29-12)21-16(25)11-4-5-13(19)15(9-11)24(27)28/h4-5,9,12,14H,2-3,6-8,10H2,1H3,(H,21,25)(H,22,26)(H2,20,23,30). The van der Waals surface area contributed by atoms with Crippen molar-refractivity contribution >= 4 is 58.2 Å². The third kappa shape index (κ3) is 8.13. The second-order valence-electron chi connectivity index (χ2n) is 6.69. The van der Waals surface area contributed by atoms with Crippen LogP contribution in [0.3, 0.4) is 0 Å². The van der Waals surface area contributed by atoms with Crippen LogP contribution < -0.4 is 21.5 Å². The number of nitrogens with one attached hydrogen (secondary N) is 4. The molecule has 170 valence electrons. The lowest BCUT2D eigenvalue weighted by atomic mass is 10.1. The van der Waals surface area contributed by atoms with Gasteiger partial charge in [0.15, 0.2) is 5.11 Å². The Hall–Kier alpha value is -2.15. The number of ether oxygens (including phenoxy) is 1. The lowest BCUT2D eigenvalue weighted by Crippen LogP contribution is -2.54. The summed E-state index contributed by atoms with van der Waals surface area (Å²) in [7, 11) is 0. The van der Waals surface area contributed by atoms with Gasteiger partial charge in [-0.1, -0.05) is 11.6 Å². The van der Waals surface area contributed by atoms with Crippen LogP contribution in [0.2, 0.25) is 5.02 Å². The molecule has 10 nitrogen and oxygen atoms in total. The minimum absolute atomic E-state index is 0.0276. The van der Waals surface area contributed by atoms with E-state index in [0.717, 1.165) is 25.5 Å². The number of amides is 2. The zero-order chi connectivity index (χ0) is 22.8. The highest BCUT2D eigenvalue weighted by atomic mass is 35.5. The van der Waals surface area contributed by atoms with Crippen LogP contribution in [0.4, 0.5) is 5.69 Å². The van der Waals surface area contributed by atoms with E-state index in [9.17, 15) is 19.7 Å². The van der Waals surface area contributed by atoms with Gasteiger partial charge in [0.1, 0.15) is 11.1 Å². The molecule has 1 aromatic rings. The van der Waals surface area contributed by atoms with E-state index in [4.69, 9.17) is 28.6 Å². The Balaban J connectivity index is 1.92. The first-order valence-corrected chi connectivity index (χ1v) is 11.7. The van der Waals surface area contributed by atoms with Gasteiger partial charge < -0.3 is 15.4 Å². The smallest absolute Gasteiger partial charge is 0.288 e. The van der Waals surface area contributed by atoms with E-state index < -0.39 is 22.8 Å². The second kappa shape index (κ2) is 12.6. The second-order valence-corrected chi connectivity index (χ2v) is 8.49. The third-order valence-electron chi connectivity index (χ3n) is 4.45. The molecule has 1 heterocycles. The van der Waals surface area contributed by atoms with Crippen LogP contribution in [0.25, 0.3) is 0 Å². The molecule has 0 radical (unpaired) electrons. The fourth-order valence-electron chi connectivity index (χ4n) is 2.80. The molecule has 0 aliphatic carbocycles. The molecule has 1 saturated heterocycles. The maximum atomic E-state index is 12.6. The number of hydrazine groups is 1. The molecular weight excluding hydrogens is 466 g/mol. The zero-order valence-electron chi connectivity index (χ0n) is 16.8. The third-order valence-corrected chi connectivity index (χ3v) is 5.66. The van der Waals surface area contributed by atoms with Gasteiger partial charge in [-0.25, -0.2) is 0 Å². The van der Waals surface area contributed by atoms with Crippen LogP contribution in [0.15, 0.2) is 18.2 Å². The van der Waals surface area contributed by atoms with Crippen LogP contribution in [0, 0.1) is 10.1 Å². The van der Waals surface area contributed by atoms with Crippen molar-refractivity contribution < 1.29 is 19.2 Å². The molecule has 0 saturated carbocycles. The van der Waals surface area contributed by atoms with E-state index in [1.165, 1.54) is 23.9 Å². The summed E-state index contributed by atoms with van der Waals surface area (Å²) in [5, 5.41) is 16.8. The summed E-state index contributed by atoms with van der Waals surface area (Å²) in [5.41, 5.74) is 4.73. The predicted molar refractivity (Wildman–Crippen MR) is 123 cm³/mol. The SMILES string of the molecule is CSCCC(NC(=O)c1ccc(Cl)c([N+](=O)[O-])c1)C(=O)NNC(=S)NCC1CCCO1. The Kier molecular flexibility index (Phi) is 10.2. The molecular formula is C18H24ClN5O5S2. The number of hydrogen-bond donors (Lipinski definition) is 4. The molecule has 4 N–H and O–H groups in total. The minimum atomic E-state index is -0.872. The van der Waals surface area contributed by atoms with Gasteiger partial charge >= 0.3 is 0 Å². The number of benzene rings is 1. The number of nitrogens with zero attached hydrogens (tertiary/aromatic N) is 1. The Morgan fingerprint density at radius 3 is 2.84 bits per heavy atom. The fraction of sp³-hybridized carbons (Fsp3) is 0.500. The molecule has 1 aliphatic heterocycles. The molecule has 2 rings (SSSR count). The summed E-state index contributed by atoms with van der Waals surface area (Å²) in [6.07, 6.45) is 4.28. The van der Waals surface area contributed by atoms with E-state index in [-0.39, 0.29) is 27.5 Å². The topological polar surface area (TPSA) is 135 Å². The van der Waals surface area contributed by atoms with Gasteiger partial charge in [-0.15, -0.1) is 0 Å². The van der Waals surface area contributed by atoms with E-state index in [0.29, 0.717) is 18.7 Å². The average Bonchev–Trinajstić information content (AvgIpc) is 3.27. The van der Waals surface area contributed by atoms with Crippen LogP contribution in [0.1, 0.15) is 29.6 Å². The molecule has 1 fully saturated rings. The molecule has 31 heavy (non-hydrogen) atoms. The van der Waals surface area contributed by atoms with E-state index in [1.54, 1.807) is 0 Å². The summed E-state index contributed by atoms with van der Waals surface area (Å²) in [6.45, 7) is 1.26. The number of thiocarbonyl (C=S) groups is 1. The molecule has 2 unspecified atom stereocenters. The van der Waals surface area contributed by atoms with Gasteiger partial charge in [-0.2, -0.15) is 11.8 Å². The highest BCUT2D eigenvalue weighted by molar-refractivity contribution is 7.98. The van der Waals surface area contributed by atoms with E-state index in [1.807, 2.05) is 6.26 Å². The first kappa shape index (κ1) is 25.1. The van der Waals surface area contributed by atoms with Crippen molar-refractivity contribution in [2.24, 2.45) is 0 Å². The highest BCUT2D eigenvalue weighted by Crippen LogP contribution is 2.25. The van der Waals surface area contributed by atoms with Gasteiger partial charge in [0.2, 0.25) is 0 Å². The molecule has 0 aromatic heterocycles. The Labute approximate surface area is 194 Å². The van der Waals surface area contributed by atoms with Crippen molar-refractivity contribution in [1.29, 1.82) is 0 Å². The average molecular weight is 490 g/mol.